The highest BCUT2D eigenvalue weighted by Gasteiger charge is 2.01. The molecule has 4 heteroatoms. The molecule has 15 heavy (non-hydrogen) atoms. The molecule has 4 nitrogen and oxygen atoms in total. The van der Waals surface area contributed by atoms with Crippen molar-refractivity contribution in [2.45, 2.75) is 58.4 Å². The van der Waals surface area contributed by atoms with Crippen molar-refractivity contribution in [2.75, 3.05) is 5.43 Å². The fourth-order valence-electron chi connectivity index (χ4n) is 1.62. The number of hydrogen-bond acceptors (Lipinski definition) is 3. The fourth-order valence-corrected chi connectivity index (χ4v) is 1.62. The summed E-state index contributed by atoms with van der Waals surface area (Å²) in [7, 11) is 0. The molecule has 0 spiro atoms. The van der Waals surface area contributed by atoms with E-state index in [1.165, 1.54) is 38.5 Å². The minimum atomic E-state index is 0.466. The minimum Gasteiger partial charge on any atom is -0.306 e. The van der Waals surface area contributed by atoms with E-state index in [1.54, 1.807) is 11.0 Å². The van der Waals surface area contributed by atoms with E-state index in [0.717, 1.165) is 0 Å². The van der Waals surface area contributed by atoms with Crippen LogP contribution in [-0.2, 0) is 0 Å². The minimum absolute atomic E-state index is 0.466. The molecule has 0 aliphatic carbocycles. The summed E-state index contributed by atoms with van der Waals surface area (Å²) in [5, 5.41) is 7.62. The van der Waals surface area contributed by atoms with Crippen LogP contribution in [0.1, 0.15) is 52.4 Å². The van der Waals surface area contributed by atoms with Gasteiger partial charge in [-0.3, -0.25) is 0 Å². The smallest absolute Gasteiger partial charge is 0.0715 e. The number of hydrogen-bond donors (Lipinski definition) is 1. The van der Waals surface area contributed by atoms with Crippen molar-refractivity contribution in [3.8, 4) is 0 Å². The Morgan fingerprint density at radius 2 is 2.07 bits per heavy atom. The van der Waals surface area contributed by atoms with Crippen LogP contribution in [0.15, 0.2) is 12.4 Å². The Labute approximate surface area is 92.0 Å². The van der Waals surface area contributed by atoms with Gasteiger partial charge in [0.1, 0.15) is 0 Å². The third kappa shape index (κ3) is 5.40. The lowest BCUT2D eigenvalue weighted by molar-refractivity contribution is 0.535. The van der Waals surface area contributed by atoms with Gasteiger partial charge in [-0.05, 0) is 18.6 Å². The predicted molar refractivity (Wildman–Crippen MR) is 62.2 cm³/mol. The summed E-state index contributed by atoms with van der Waals surface area (Å²) in [6, 6.07) is 0.466. The third-order valence-electron chi connectivity index (χ3n) is 2.52. The third-order valence-corrected chi connectivity index (χ3v) is 2.52. The SMILES string of the molecule is CCCCCCCC(C)Nn1ccnn1. The summed E-state index contributed by atoms with van der Waals surface area (Å²) in [6.07, 6.45) is 11.4. The van der Waals surface area contributed by atoms with E-state index >= 15 is 0 Å². The van der Waals surface area contributed by atoms with Crippen LogP contribution in [0.4, 0.5) is 0 Å². The molecule has 0 bridgehead atoms. The van der Waals surface area contributed by atoms with Crippen molar-refractivity contribution in [1.29, 1.82) is 0 Å². The van der Waals surface area contributed by atoms with Crippen molar-refractivity contribution in [3.63, 3.8) is 0 Å². The Hall–Kier alpha value is -1.06. The Morgan fingerprint density at radius 3 is 2.73 bits per heavy atom. The maximum atomic E-state index is 3.87. The number of aromatic nitrogens is 3. The lowest BCUT2D eigenvalue weighted by Gasteiger charge is -2.13. The predicted octanol–water partition coefficient (Wildman–Crippen LogP) is 2.57. The molecule has 1 N–H and O–H groups in total. The maximum absolute atomic E-state index is 3.87. The van der Waals surface area contributed by atoms with Crippen molar-refractivity contribution < 1.29 is 0 Å². The van der Waals surface area contributed by atoms with Gasteiger partial charge < -0.3 is 5.43 Å². The van der Waals surface area contributed by atoms with Gasteiger partial charge in [-0.15, -0.1) is 5.10 Å². The van der Waals surface area contributed by atoms with E-state index in [4.69, 9.17) is 0 Å². The molecule has 0 aliphatic rings. The van der Waals surface area contributed by atoms with Crippen molar-refractivity contribution >= 4 is 0 Å². The van der Waals surface area contributed by atoms with E-state index in [1.807, 2.05) is 6.20 Å². The molecule has 1 aromatic heterocycles. The van der Waals surface area contributed by atoms with Crippen molar-refractivity contribution in [3.05, 3.63) is 12.4 Å². The Morgan fingerprint density at radius 1 is 1.27 bits per heavy atom. The average Bonchev–Trinajstić information content (AvgIpc) is 2.70. The van der Waals surface area contributed by atoms with Gasteiger partial charge in [0, 0.05) is 6.04 Å². The quantitative estimate of drug-likeness (QED) is 0.671. The second kappa shape index (κ2) is 7.26. The van der Waals surface area contributed by atoms with Crippen LogP contribution in [0.25, 0.3) is 0 Å². The first-order chi connectivity index (χ1) is 7.33. The van der Waals surface area contributed by atoms with Crippen LogP contribution in [0.2, 0.25) is 0 Å². The van der Waals surface area contributed by atoms with Gasteiger partial charge in [0.15, 0.2) is 0 Å². The van der Waals surface area contributed by atoms with E-state index < -0.39 is 0 Å². The summed E-state index contributed by atoms with van der Waals surface area (Å²) in [6.45, 7) is 4.43. The van der Waals surface area contributed by atoms with Crippen LogP contribution in [0, 0.1) is 0 Å². The van der Waals surface area contributed by atoms with Gasteiger partial charge in [-0.1, -0.05) is 39.0 Å². The number of nitrogens with zero attached hydrogens (tertiary/aromatic N) is 3. The van der Waals surface area contributed by atoms with Gasteiger partial charge in [0.05, 0.1) is 12.4 Å². The normalized spacial score (nSPS) is 12.7. The second-order valence-corrected chi connectivity index (χ2v) is 4.08. The largest absolute Gasteiger partial charge is 0.306 e. The van der Waals surface area contributed by atoms with Crippen molar-refractivity contribution in [2.24, 2.45) is 0 Å². The first kappa shape index (κ1) is 12.0. The molecule has 1 rings (SSSR count). The molecule has 1 aromatic rings. The number of rotatable bonds is 8. The molecular weight excluding hydrogens is 188 g/mol. The molecule has 1 unspecified atom stereocenters. The highest BCUT2D eigenvalue weighted by molar-refractivity contribution is 4.77. The van der Waals surface area contributed by atoms with E-state index in [0.29, 0.717) is 6.04 Å². The standard InChI is InChI=1S/C11H22N4/c1-3-4-5-6-7-8-11(2)13-15-10-9-12-14-15/h9-11,13H,3-8H2,1-2H3. The van der Waals surface area contributed by atoms with Gasteiger partial charge in [-0.25, -0.2) is 0 Å². The van der Waals surface area contributed by atoms with Gasteiger partial charge in [0.25, 0.3) is 0 Å². The monoisotopic (exact) mass is 210 g/mol. The van der Waals surface area contributed by atoms with E-state index in [2.05, 4.69) is 29.6 Å². The van der Waals surface area contributed by atoms with Crippen molar-refractivity contribution in [1.82, 2.24) is 15.1 Å². The van der Waals surface area contributed by atoms with Crippen LogP contribution in [0.3, 0.4) is 0 Å². The molecule has 0 radical (unpaired) electrons. The summed E-state index contributed by atoms with van der Waals surface area (Å²) >= 11 is 0. The first-order valence-corrected chi connectivity index (χ1v) is 5.95. The topological polar surface area (TPSA) is 42.7 Å². The maximum Gasteiger partial charge on any atom is 0.0715 e. The highest BCUT2D eigenvalue weighted by atomic mass is 15.6. The van der Waals surface area contributed by atoms with Gasteiger partial charge in [0.2, 0.25) is 0 Å². The van der Waals surface area contributed by atoms with E-state index in [-0.39, 0.29) is 0 Å². The van der Waals surface area contributed by atoms with Crippen LogP contribution in [-0.4, -0.2) is 21.1 Å². The zero-order valence-electron chi connectivity index (χ0n) is 9.82. The zero-order chi connectivity index (χ0) is 10.9. The number of nitrogens with one attached hydrogen (secondary N) is 1. The number of unbranched alkanes of at least 4 members (excludes halogenated alkanes) is 4. The first-order valence-electron chi connectivity index (χ1n) is 5.95. The lowest BCUT2D eigenvalue weighted by Crippen LogP contribution is -2.25. The van der Waals surface area contributed by atoms with Crippen LogP contribution < -0.4 is 5.43 Å². The summed E-state index contributed by atoms with van der Waals surface area (Å²) in [5.41, 5.74) is 3.26. The van der Waals surface area contributed by atoms with E-state index in [9.17, 15) is 0 Å². The Bertz CT molecular complexity index is 233. The molecule has 0 saturated heterocycles. The lowest BCUT2D eigenvalue weighted by atomic mass is 10.1. The summed E-state index contributed by atoms with van der Waals surface area (Å²) < 4.78 is 0. The summed E-state index contributed by atoms with van der Waals surface area (Å²) in [5.74, 6) is 0. The molecule has 0 fully saturated rings. The molecule has 0 aromatic carbocycles. The molecule has 86 valence electrons. The Kier molecular flexibility index (Phi) is 5.81. The fraction of sp³-hybridized carbons (Fsp3) is 0.818. The molecule has 0 saturated carbocycles. The zero-order valence-corrected chi connectivity index (χ0v) is 9.82. The highest BCUT2D eigenvalue weighted by Crippen LogP contribution is 2.07. The van der Waals surface area contributed by atoms with Crippen LogP contribution >= 0.6 is 0 Å². The molecule has 1 heterocycles. The molecule has 0 amide bonds. The molecular formula is C11H22N4. The second-order valence-electron chi connectivity index (χ2n) is 4.08. The Balaban J connectivity index is 2.01. The average molecular weight is 210 g/mol. The van der Waals surface area contributed by atoms with Gasteiger partial charge >= 0.3 is 0 Å². The summed E-state index contributed by atoms with van der Waals surface area (Å²) in [4.78, 5) is 1.68. The van der Waals surface area contributed by atoms with Crippen LogP contribution in [0.5, 0.6) is 0 Å². The van der Waals surface area contributed by atoms with Gasteiger partial charge in [-0.2, -0.15) is 4.79 Å². The molecule has 0 aliphatic heterocycles. The molecule has 1 atom stereocenters.